The number of fused-ring (bicyclic) bond motifs is 1. The first-order valence-electron chi connectivity index (χ1n) is 13.9. The van der Waals surface area contributed by atoms with E-state index in [1.165, 1.54) is 32.1 Å². The Morgan fingerprint density at radius 3 is 2.56 bits per heavy atom. The van der Waals surface area contributed by atoms with Gasteiger partial charge in [-0.3, -0.25) is 19.4 Å². The lowest BCUT2D eigenvalue weighted by Gasteiger charge is -2.15. The number of aliphatic carboxylic acids is 1. The highest BCUT2D eigenvalue weighted by Crippen LogP contribution is 2.34. The molecule has 0 spiro atoms. The molecule has 2 heterocycles. The highest BCUT2D eigenvalue weighted by atomic mass is 32.2. The number of hydrogen-bond donors (Lipinski definition) is 4. The molecular formula is C32H33N5O7S. The number of nitrogens with zero attached hydrogens (tertiary/aromatic N) is 3. The fourth-order valence-electron chi connectivity index (χ4n) is 4.22. The molecule has 4 rings (SSSR count). The summed E-state index contributed by atoms with van der Waals surface area (Å²) in [4.78, 5) is 49.2. The summed E-state index contributed by atoms with van der Waals surface area (Å²) >= 11 is 1.21. The number of hydrogen-bond acceptors (Lipinski definition) is 11. The predicted octanol–water partition coefficient (Wildman–Crippen LogP) is 4.49. The predicted molar refractivity (Wildman–Crippen MR) is 171 cm³/mol. The normalized spacial score (nSPS) is 12.0. The fraction of sp³-hybridized carbons (Fsp3) is 0.250. The molecule has 2 aromatic heterocycles. The summed E-state index contributed by atoms with van der Waals surface area (Å²) in [6.07, 6.45) is 4.78. The molecule has 0 fully saturated rings. The van der Waals surface area contributed by atoms with E-state index in [2.05, 4.69) is 25.6 Å². The number of anilines is 2. The lowest BCUT2D eigenvalue weighted by atomic mass is 10.1. The van der Waals surface area contributed by atoms with E-state index in [9.17, 15) is 24.6 Å². The molecule has 4 N–H and O–H groups in total. The zero-order chi connectivity index (χ0) is 32.3. The van der Waals surface area contributed by atoms with Crippen molar-refractivity contribution in [3.8, 4) is 11.5 Å². The average molecular weight is 632 g/mol. The van der Waals surface area contributed by atoms with Crippen molar-refractivity contribution in [3.05, 3.63) is 84.0 Å². The number of aliphatic hydroxyl groups is 1. The van der Waals surface area contributed by atoms with E-state index in [0.717, 1.165) is 16.8 Å². The van der Waals surface area contributed by atoms with Crippen LogP contribution < -0.4 is 15.4 Å². The quantitative estimate of drug-likeness (QED) is 0.136. The van der Waals surface area contributed by atoms with Crippen molar-refractivity contribution >= 4 is 56.7 Å². The van der Waals surface area contributed by atoms with Crippen LogP contribution in [0.3, 0.4) is 0 Å². The Hall–Kier alpha value is -4.85. The number of rotatable bonds is 15. The molecule has 1 atom stereocenters. The lowest BCUT2D eigenvalue weighted by Crippen LogP contribution is -2.27. The summed E-state index contributed by atoms with van der Waals surface area (Å²) in [5.41, 5.74) is 3.59. The molecule has 0 aliphatic carbocycles. The number of aromatic nitrogens is 3. The number of aliphatic hydroxyl groups excluding tert-OH is 1. The first kappa shape index (κ1) is 33.1. The van der Waals surface area contributed by atoms with Gasteiger partial charge in [0.15, 0.2) is 0 Å². The minimum atomic E-state index is -1.19. The molecular weight excluding hydrogens is 598 g/mol. The molecule has 1 unspecified atom stereocenters. The summed E-state index contributed by atoms with van der Waals surface area (Å²) in [5.74, 6) is -1.35. The van der Waals surface area contributed by atoms with Crippen molar-refractivity contribution < 1.29 is 34.1 Å². The van der Waals surface area contributed by atoms with Gasteiger partial charge in [0.1, 0.15) is 42.0 Å². The van der Waals surface area contributed by atoms with Crippen LogP contribution in [-0.2, 0) is 25.7 Å². The second-order valence-electron chi connectivity index (χ2n) is 9.92. The minimum Gasteiger partial charge on any atom is -0.481 e. The summed E-state index contributed by atoms with van der Waals surface area (Å²) in [5, 5.41) is 25.5. The average Bonchev–Trinajstić information content (AvgIpc) is 3.02. The number of Topliss-reactive ketones (excluding diaryl/α,β-unsaturated/α-hetero) is 1. The number of benzene rings is 2. The Bertz CT molecular complexity index is 1700. The van der Waals surface area contributed by atoms with Crippen molar-refractivity contribution in [2.24, 2.45) is 5.92 Å². The molecule has 0 saturated carbocycles. The van der Waals surface area contributed by atoms with Gasteiger partial charge in [-0.1, -0.05) is 12.1 Å². The highest BCUT2D eigenvalue weighted by Gasteiger charge is 2.23. The maximum Gasteiger partial charge on any atom is 0.314 e. The monoisotopic (exact) mass is 631 g/mol. The maximum absolute atomic E-state index is 11.9. The van der Waals surface area contributed by atoms with Crippen LogP contribution in [0.4, 0.5) is 11.5 Å². The number of nitrogens with one attached hydrogen (secondary N) is 2. The molecule has 1 amide bonds. The molecule has 45 heavy (non-hydrogen) atoms. The Balaban J connectivity index is 1.60. The number of ketones is 1. The molecule has 12 nitrogen and oxygen atoms in total. The Labute approximate surface area is 263 Å². The number of thioether (sulfide) groups is 1. The summed E-state index contributed by atoms with van der Waals surface area (Å²) < 4.78 is 10.8. The number of methoxy groups -OCH3 is 1. The molecule has 234 valence electrons. The van der Waals surface area contributed by atoms with Crippen LogP contribution in [0.15, 0.2) is 67.1 Å². The van der Waals surface area contributed by atoms with Crippen molar-refractivity contribution in [2.75, 3.05) is 31.3 Å². The summed E-state index contributed by atoms with van der Waals surface area (Å²) in [7, 11) is 1.42. The van der Waals surface area contributed by atoms with Gasteiger partial charge < -0.3 is 30.3 Å². The smallest absolute Gasteiger partial charge is 0.314 e. The van der Waals surface area contributed by atoms with Gasteiger partial charge in [-0.15, -0.1) is 11.8 Å². The second-order valence-corrected chi connectivity index (χ2v) is 11.0. The number of carboxylic acid groups (broad SMARTS) is 1. The van der Waals surface area contributed by atoms with E-state index in [1.807, 2.05) is 43.3 Å². The third kappa shape index (κ3) is 9.08. The van der Waals surface area contributed by atoms with Crippen LogP contribution in [0, 0.1) is 12.8 Å². The van der Waals surface area contributed by atoms with E-state index in [4.69, 9.17) is 9.47 Å². The van der Waals surface area contributed by atoms with E-state index < -0.39 is 17.7 Å². The number of pyridine rings is 1. The van der Waals surface area contributed by atoms with Gasteiger partial charge in [0.2, 0.25) is 5.91 Å². The van der Waals surface area contributed by atoms with Crippen molar-refractivity contribution in [1.82, 2.24) is 20.3 Å². The molecule has 0 radical (unpaired) electrons. The maximum atomic E-state index is 11.9. The van der Waals surface area contributed by atoms with Gasteiger partial charge in [0, 0.05) is 35.4 Å². The zero-order valence-corrected chi connectivity index (χ0v) is 25.8. The number of carboxylic acids is 1. The minimum absolute atomic E-state index is 0.0201. The van der Waals surface area contributed by atoms with Crippen LogP contribution in [0.25, 0.3) is 15.8 Å². The Morgan fingerprint density at radius 1 is 1.07 bits per heavy atom. The number of carbonyl (C=O) groups excluding carboxylic acids is 2. The van der Waals surface area contributed by atoms with Crippen LogP contribution in [0.5, 0.6) is 11.5 Å². The van der Waals surface area contributed by atoms with Crippen LogP contribution in [0.1, 0.15) is 23.7 Å². The van der Waals surface area contributed by atoms with Crippen LogP contribution in [-0.4, -0.2) is 68.8 Å². The second kappa shape index (κ2) is 15.7. The first-order valence-corrected chi connectivity index (χ1v) is 14.8. The molecule has 0 aliphatic heterocycles. The van der Waals surface area contributed by atoms with Crippen molar-refractivity contribution in [1.29, 1.82) is 0 Å². The molecule has 13 heteroatoms. The van der Waals surface area contributed by atoms with Crippen molar-refractivity contribution in [3.63, 3.8) is 0 Å². The number of carbonyl (C=O) groups is 3. The van der Waals surface area contributed by atoms with E-state index in [0.29, 0.717) is 38.8 Å². The Morgan fingerprint density at radius 2 is 1.89 bits per heavy atom. The third-order valence-electron chi connectivity index (χ3n) is 6.60. The SMILES string of the molecule is COCC(=O)NC/C=C(/SCC(C(C)=O)C(=O)O)c1ccc2ncnc(Nc3ccc(Oc4ccc(CO)nc4)c(C)c3)c2c1. The van der Waals surface area contributed by atoms with E-state index in [1.54, 1.807) is 24.4 Å². The van der Waals surface area contributed by atoms with Crippen molar-refractivity contribution in [2.45, 2.75) is 20.5 Å². The number of ether oxygens (including phenoxy) is 2. The number of aryl methyl sites for hydroxylation is 1. The van der Waals surface area contributed by atoms with Gasteiger partial charge in [-0.2, -0.15) is 0 Å². The van der Waals surface area contributed by atoms with Gasteiger partial charge >= 0.3 is 5.97 Å². The topological polar surface area (TPSA) is 173 Å². The van der Waals surface area contributed by atoms with Gasteiger partial charge in [0.05, 0.1) is 24.0 Å². The molecule has 2 aromatic carbocycles. The largest absolute Gasteiger partial charge is 0.481 e. The van der Waals surface area contributed by atoms with E-state index >= 15 is 0 Å². The van der Waals surface area contributed by atoms with Gasteiger partial charge in [-0.25, -0.2) is 9.97 Å². The molecule has 0 saturated heterocycles. The lowest BCUT2D eigenvalue weighted by molar-refractivity contribution is -0.144. The first-order chi connectivity index (χ1) is 21.7. The standard InChI is InChI=1S/C32H33N5O7S/c1-19-12-22(6-9-28(19)44-24-7-5-23(15-38)34-14-24)37-31-25-13-21(4-8-27(25)35-18-36-31)29(10-11-33-30(40)16-43-3)45-17-26(20(2)39)32(41)42/h4-10,12-14,18,26,38H,11,15-17H2,1-3H3,(H,33,40)(H,41,42)(H,35,36,37)/b29-10+. The van der Waals surface area contributed by atoms with E-state index in [-0.39, 0.29) is 31.4 Å². The van der Waals surface area contributed by atoms with Gasteiger partial charge in [0.25, 0.3) is 0 Å². The zero-order valence-electron chi connectivity index (χ0n) is 24.9. The molecule has 0 aliphatic rings. The Kier molecular flexibility index (Phi) is 11.6. The molecule has 4 aromatic rings. The number of amides is 1. The molecule has 0 bridgehead atoms. The van der Waals surface area contributed by atoms with Gasteiger partial charge in [-0.05, 0) is 67.4 Å². The fourth-order valence-corrected chi connectivity index (χ4v) is 5.43. The third-order valence-corrected chi connectivity index (χ3v) is 7.81. The van der Waals surface area contributed by atoms with Crippen LogP contribution >= 0.6 is 11.8 Å². The highest BCUT2D eigenvalue weighted by molar-refractivity contribution is 8.08. The summed E-state index contributed by atoms with van der Waals surface area (Å²) in [6, 6.07) is 14.6. The van der Waals surface area contributed by atoms with Crippen LogP contribution in [0.2, 0.25) is 0 Å². The summed E-state index contributed by atoms with van der Waals surface area (Å²) in [6.45, 7) is 3.11.